The number of aromatic nitrogens is 2. The van der Waals surface area contributed by atoms with Crippen LogP contribution >= 0.6 is 11.3 Å². The average Bonchev–Trinajstić information content (AvgIpc) is 2.83. The Morgan fingerprint density at radius 2 is 2.31 bits per heavy atom. The lowest BCUT2D eigenvalue weighted by Gasteiger charge is -2.08. The van der Waals surface area contributed by atoms with Gasteiger partial charge < -0.3 is 5.73 Å². The third-order valence-electron chi connectivity index (χ3n) is 2.49. The van der Waals surface area contributed by atoms with Gasteiger partial charge in [-0.2, -0.15) is 11.3 Å². The highest BCUT2D eigenvalue weighted by molar-refractivity contribution is 7.08. The molecule has 2 aromatic rings. The smallest absolute Gasteiger partial charge is 0.160 e. The normalized spacial score (nSPS) is 12.6. The van der Waals surface area contributed by atoms with Gasteiger partial charge in [0.15, 0.2) is 5.82 Å². The Kier molecular flexibility index (Phi) is 3.64. The van der Waals surface area contributed by atoms with Crippen molar-refractivity contribution in [3.8, 4) is 11.4 Å². The molecular weight excluding hydrogens is 218 g/mol. The van der Waals surface area contributed by atoms with Gasteiger partial charge in [0.1, 0.15) is 0 Å². The second-order valence-electron chi connectivity index (χ2n) is 3.76. The van der Waals surface area contributed by atoms with Crippen molar-refractivity contribution in [2.75, 3.05) is 0 Å². The molecule has 0 amide bonds. The van der Waals surface area contributed by atoms with E-state index in [0.29, 0.717) is 0 Å². The lowest BCUT2D eigenvalue weighted by molar-refractivity contribution is 0.636. The van der Waals surface area contributed by atoms with Gasteiger partial charge in [-0.3, -0.25) is 0 Å². The molecule has 2 N–H and O–H groups in total. The molecule has 0 aromatic carbocycles. The molecule has 84 valence electrons. The van der Waals surface area contributed by atoms with Gasteiger partial charge in [-0.15, -0.1) is 0 Å². The van der Waals surface area contributed by atoms with Crippen molar-refractivity contribution in [2.24, 2.45) is 5.73 Å². The fourth-order valence-electron chi connectivity index (χ4n) is 1.45. The predicted octanol–water partition coefficient (Wildman–Crippen LogP) is 2.48. The van der Waals surface area contributed by atoms with E-state index in [1.54, 1.807) is 17.5 Å². The summed E-state index contributed by atoms with van der Waals surface area (Å²) >= 11 is 1.65. The molecule has 0 bridgehead atoms. The predicted molar refractivity (Wildman–Crippen MR) is 67.3 cm³/mol. The van der Waals surface area contributed by atoms with Crippen molar-refractivity contribution in [1.82, 2.24) is 9.97 Å². The molecule has 1 atom stereocenters. The van der Waals surface area contributed by atoms with Crippen LogP contribution in [0.4, 0.5) is 0 Å². The number of rotatable bonds is 4. The lowest BCUT2D eigenvalue weighted by atomic mass is 10.1. The van der Waals surface area contributed by atoms with E-state index in [4.69, 9.17) is 5.73 Å². The highest BCUT2D eigenvalue weighted by Crippen LogP contribution is 2.18. The molecule has 0 saturated carbocycles. The Morgan fingerprint density at radius 3 is 3.00 bits per heavy atom. The standard InChI is InChI=1S/C12H15N3S/c1-2-10(13)7-11-3-5-14-12(15-11)9-4-6-16-8-9/h3-6,8,10H,2,7,13H2,1H3. The number of hydrogen-bond acceptors (Lipinski definition) is 4. The Labute approximate surface area is 99.4 Å². The second-order valence-corrected chi connectivity index (χ2v) is 4.54. The Hall–Kier alpha value is -1.26. The zero-order chi connectivity index (χ0) is 11.4. The molecule has 0 aliphatic carbocycles. The first-order chi connectivity index (χ1) is 7.79. The quantitative estimate of drug-likeness (QED) is 0.882. The number of hydrogen-bond donors (Lipinski definition) is 1. The van der Waals surface area contributed by atoms with Crippen LogP contribution in [0.1, 0.15) is 19.0 Å². The number of thiophene rings is 1. The van der Waals surface area contributed by atoms with Gasteiger partial charge in [-0.1, -0.05) is 6.92 Å². The minimum atomic E-state index is 0.185. The molecule has 3 nitrogen and oxygen atoms in total. The van der Waals surface area contributed by atoms with E-state index in [1.807, 2.05) is 17.5 Å². The molecule has 2 aromatic heterocycles. The van der Waals surface area contributed by atoms with Gasteiger partial charge >= 0.3 is 0 Å². The van der Waals surface area contributed by atoms with Gasteiger partial charge in [-0.25, -0.2) is 9.97 Å². The van der Waals surface area contributed by atoms with Crippen LogP contribution in [-0.2, 0) is 6.42 Å². The van der Waals surface area contributed by atoms with Crippen LogP contribution < -0.4 is 5.73 Å². The Balaban J connectivity index is 2.20. The van der Waals surface area contributed by atoms with Crippen LogP contribution in [0.3, 0.4) is 0 Å². The monoisotopic (exact) mass is 233 g/mol. The first-order valence-electron chi connectivity index (χ1n) is 5.39. The maximum atomic E-state index is 5.92. The van der Waals surface area contributed by atoms with Gasteiger partial charge in [-0.05, 0) is 23.9 Å². The molecule has 1 unspecified atom stereocenters. The number of nitrogens with zero attached hydrogens (tertiary/aromatic N) is 2. The third kappa shape index (κ3) is 2.65. The van der Waals surface area contributed by atoms with E-state index in [0.717, 1.165) is 29.9 Å². The summed E-state index contributed by atoms with van der Waals surface area (Å²) in [5.74, 6) is 0.794. The second kappa shape index (κ2) is 5.18. The van der Waals surface area contributed by atoms with Crippen LogP contribution in [0.15, 0.2) is 29.1 Å². The van der Waals surface area contributed by atoms with Crippen molar-refractivity contribution in [3.63, 3.8) is 0 Å². The topological polar surface area (TPSA) is 51.8 Å². The van der Waals surface area contributed by atoms with Crippen molar-refractivity contribution in [3.05, 3.63) is 34.8 Å². The first-order valence-corrected chi connectivity index (χ1v) is 6.34. The van der Waals surface area contributed by atoms with E-state index in [2.05, 4.69) is 22.3 Å². The zero-order valence-electron chi connectivity index (χ0n) is 9.26. The Bertz CT molecular complexity index is 439. The number of nitrogens with two attached hydrogens (primary N) is 1. The molecule has 2 rings (SSSR count). The highest BCUT2D eigenvalue weighted by Gasteiger charge is 2.06. The average molecular weight is 233 g/mol. The van der Waals surface area contributed by atoms with E-state index in [1.165, 1.54) is 0 Å². The molecule has 0 radical (unpaired) electrons. The molecular formula is C12H15N3S. The summed E-state index contributed by atoms with van der Waals surface area (Å²) in [5, 5.41) is 4.09. The van der Waals surface area contributed by atoms with Crippen molar-refractivity contribution < 1.29 is 0 Å². The Morgan fingerprint density at radius 1 is 1.44 bits per heavy atom. The van der Waals surface area contributed by atoms with Gasteiger partial charge in [0.05, 0.1) is 0 Å². The summed E-state index contributed by atoms with van der Waals surface area (Å²) < 4.78 is 0. The highest BCUT2D eigenvalue weighted by atomic mass is 32.1. The molecule has 0 spiro atoms. The van der Waals surface area contributed by atoms with Crippen LogP contribution in [0.5, 0.6) is 0 Å². The van der Waals surface area contributed by atoms with Crippen molar-refractivity contribution in [2.45, 2.75) is 25.8 Å². The summed E-state index contributed by atoms with van der Waals surface area (Å²) in [4.78, 5) is 8.79. The molecule has 0 fully saturated rings. The summed E-state index contributed by atoms with van der Waals surface area (Å²) in [6, 6.07) is 4.15. The van der Waals surface area contributed by atoms with Gasteiger partial charge in [0.2, 0.25) is 0 Å². The SMILES string of the molecule is CCC(N)Cc1ccnc(-c2ccsc2)n1. The van der Waals surface area contributed by atoms with E-state index in [-0.39, 0.29) is 6.04 Å². The lowest BCUT2D eigenvalue weighted by Crippen LogP contribution is -2.22. The van der Waals surface area contributed by atoms with E-state index in [9.17, 15) is 0 Å². The fraction of sp³-hybridized carbons (Fsp3) is 0.333. The third-order valence-corrected chi connectivity index (χ3v) is 3.17. The first kappa shape index (κ1) is 11.2. The maximum absolute atomic E-state index is 5.92. The molecule has 2 heterocycles. The largest absolute Gasteiger partial charge is 0.327 e. The van der Waals surface area contributed by atoms with Crippen LogP contribution in [0.2, 0.25) is 0 Å². The van der Waals surface area contributed by atoms with Crippen molar-refractivity contribution >= 4 is 11.3 Å². The fourth-order valence-corrected chi connectivity index (χ4v) is 2.09. The van der Waals surface area contributed by atoms with E-state index < -0.39 is 0 Å². The molecule has 0 aliphatic rings. The van der Waals surface area contributed by atoms with Gasteiger partial charge in [0, 0.05) is 35.3 Å². The molecule has 0 saturated heterocycles. The minimum absolute atomic E-state index is 0.185. The zero-order valence-corrected chi connectivity index (χ0v) is 10.1. The maximum Gasteiger partial charge on any atom is 0.160 e. The molecule has 4 heteroatoms. The summed E-state index contributed by atoms with van der Waals surface area (Å²) in [6.45, 7) is 2.09. The van der Waals surface area contributed by atoms with Crippen molar-refractivity contribution in [1.29, 1.82) is 0 Å². The van der Waals surface area contributed by atoms with Crippen LogP contribution in [-0.4, -0.2) is 16.0 Å². The minimum Gasteiger partial charge on any atom is -0.327 e. The van der Waals surface area contributed by atoms with Crippen LogP contribution in [0, 0.1) is 0 Å². The van der Waals surface area contributed by atoms with Gasteiger partial charge in [0.25, 0.3) is 0 Å². The summed E-state index contributed by atoms with van der Waals surface area (Å²) in [5.41, 5.74) is 8.01. The molecule has 16 heavy (non-hydrogen) atoms. The molecule has 0 aliphatic heterocycles. The summed E-state index contributed by atoms with van der Waals surface area (Å²) in [7, 11) is 0. The van der Waals surface area contributed by atoms with E-state index >= 15 is 0 Å². The summed E-state index contributed by atoms with van der Waals surface area (Å²) in [6.07, 6.45) is 3.59. The van der Waals surface area contributed by atoms with Crippen LogP contribution in [0.25, 0.3) is 11.4 Å².